The van der Waals surface area contributed by atoms with Crippen LogP contribution in [0.1, 0.15) is 55.5 Å². The molecule has 2 rings (SSSR count). The molecule has 0 saturated heterocycles. The Bertz CT molecular complexity index is 363. The molecule has 0 aliphatic heterocycles. The maximum Gasteiger partial charge on any atom is 0.0876 e. The molecule has 3 heteroatoms. The van der Waals surface area contributed by atoms with Gasteiger partial charge in [-0.15, -0.1) is 11.3 Å². The second kappa shape index (κ2) is 6.18. The molecule has 1 N–H and O–H groups in total. The van der Waals surface area contributed by atoms with Gasteiger partial charge in [0, 0.05) is 11.5 Å². The zero-order chi connectivity index (χ0) is 13.0. The zero-order valence-electron chi connectivity index (χ0n) is 11.8. The van der Waals surface area contributed by atoms with Gasteiger partial charge in [-0.2, -0.15) is 0 Å². The molecule has 0 radical (unpaired) electrons. The van der Waals surface area contributed by atoms with E-state index in [0.717, 1.165) is 6.61 Å². The average Bonchev–Trinajstić information content (AvgIpc) is 2.78. The molecule has 1 unspecified atom stereocenters. The number of likely N-dealkylation sites (N-methyl/N-ethyl adjacent to an activating group) is 1. The summed E-state index contributed by atoms with van der Waals surface area (Å²) >= 11 is 1.83. The van der Waals surface area contributed by atoms with Crippen LogP contribution in [0, 0.1) is 6.92 Å². The van der Waals surface area contributed by atoms with E-state index in [9.17, 15) is 0 Å². The van der Waals surface area contributed by atoms with Gasteiger partial charge < -0.3 is 10.1 Å². The van der Waals surface area contributed by atoms with Crippen LogP contribution >= 0.6 is 11.3 Å². The van der Waals surface area contributed by atoms with E-state index in [2.05, 4.69) is 37.7 Å². The third kappa shape index (κ3) is 2.63. The van der Waals surface area contributed by atoms with Gasteiger partial charge in [-0.25, -0.2) is 0 Å². The van der Waals surface area contributed by atoms with Gasteiger partial charge in [0.1, 0.15) is 0 Å². The van der Waals surface area contributed by atoms with Crippen LogP contribution in [0.4, 0.5) is 0 Å². The van der Waals surface area contributed by atoms with Crippen LogP contribution < -0.4 is 5.32 Å². The number of hydrogen-bond donors (Lipinski definition) is 1. The minimum Gasteiger partial charge on any atom is -0.373 e. The van der Waals surface area contributed by atoms with Crippen molar-refractivity contribution >= 4 is 11.3 Å². The molecule has 2 nitrogen and oxygen atoms in total. The van der Waals surface area contributed by atoms with Crippen molar-refractivity contribution in [2.75, 3.05) is 13.7 Å². The van der Waals surface area contributed by atoms with Crippen molar-refractivity contribution in [1.29, 1.82) is 0 Å². The maximum atomic E-state index is 6.24. The normalized spacial score (nSPS) is 20.8. The van der Waals surface area contributed by atoms with E-state index in [0.29, 0.717) is 6.04 Å². The second-order valence-corrected chi connectivity index (χ2v) is 6.33. The first-order chi connectivity index (χ1) is 8.73. The lowest BCUT2D eigenvalue weighted by molar-refractivity contribution is -0.0898. The highest BCUT2D eigenvalue weighted by molar-refractivity contribution is 7.10. The Morgan fingerprint density at radius 2 is 2.11 bits per heavy atom. The van der Waals surface area contributed by atoms with Gasteiger partial charge in [0.2, 0.25) is 0 Å². The largest absolute Gasteiger partial charge is 0.373 e. The lowest BCUT2D eigenvalue weighted by Gasteiger charge is -2.43. The molecule has 1 atom stereocenters. The second-order valence-electron chi connectivity index (χ2n) is 5.21. The molecule has 1 heterocycles. The Morgan fingerprint density at radius 1 is 1.39 bits per heavy atom. The molecular formula is C15H25NOS. The summed E-state index contributed by atoms with van der Waals surface area (Å²) in [5.41, 5.74) is 1.44. The Balaban J connectivity index is 2.29. The average molecular weight is 267 g/mol. The fraction of sp³-hybridized carbons (Fsp3) is 0.733. The summed E-state index contributed by atoms with van der Waals surface area (Å²) in [5.74, 6) is 0. The van der Waals surface area contributed by atoms with Gasteiger partial charge in [0.25, 0.3) is 0 Å². The van der Waals surface area contributed by atoms with E-state index in [1.807, 2.05) is 11.3 Å². The molecular weight excluding hydrogens is 242 g/mol. The van der Waals surface area contributed by atoms with Crippen molar-refractivity contribution in [3.8, 4) is 0 Å². The van der Waals surface area contributed by atoms with Crippen LogP contribution in [0.2, 0.25) is 0 Å². The van der Waals surface area contributed by atoms with Crippen LogP contribution in [-0.4, -0.2) is 19.3 Å². The van der Waals surface area contributed by atoms with Gasteiger partial charge >= 0.3 is 0 Å². The highest BCUT2D eigenvalue weighted by Gasteiger charge is 2.41. The van der Waals surface area contributed by atoms with Crippen LogP contribution in [0.5, 0.6) is 0 Å². The minimum absolute atomic E-state index is 0.00752. The summed E-state index contributed by atoms with van der Waals surface area (Å²) in [6.07, 6.45) is 6.31. The maximum absolute atomic E-state index is 6.24. The number of ether oxygens (including phenoxy) is 1. The molecule has 0 amide bonds. The van der Waals surface area contributed by atoms with Gasteiger partial charge in [-0.3, -0.25) is 0 Å². The zero-order valence-corrected chi connectivity index (χ0v) is 12.6. The summed E-state index contributed by atoms with van der Waals surface area (Å²) in [5, 5.41) is 5.71. The monoisotopic (exact) mass is 267 g/mol. The summed E-state index contributed by atoms with van der Waals surface area (Å²) in [4.78, 5) is 1.42. The highest BCUT2D eigenvalue weighted by Crippen LogP contribution is 2.42. The molecule has 18 heavy (non-hydrogen) atoms. The van der Waals surface area contributed by atoms with Crippen molar-refractivity contribution in [2.45, 2.75) is 57.6 Å². The number of rotatable bonds is 5. The minimum atomic E-state index is 0.00752. The van der Waals surface area contributed by atoms with E-state index in [1.165, 1.54) is 42.5 Å². The van der Waals surface area contributed by atoms with Gasteiger partial charge in [0.15, 0.2) is 0 Å². The van der Waals surface area contributed by atoms with Crippen LogP contribution in [0.3, 0.4) is 0 Å². The summed E-state index contributed by atoms with van der Waals surface area (Å²) < 4.78 is 6.24. The summed E-state index contributed by atoms with van der Waals surface area (Å²) in [6.45, 7) is 5.14. The number of hydrogen-bond acceptors (Lipinski definition) is 3. The molecule has 0 aromatic carbocycles. The van der Waals surface area contributed by atoms with E-state index >= 15 is 0 Å². The lowest BCUT2D eigenvalue weighted by atomic mass is 9.76. The predicted molar refractivity (Wildman–Crippen MR) is 78.3 cm³/mol. The molecule has 0 bridgehead atoms. The van der Waals surface area contributed by atoms with Crippen LogP contribution in [0.15, 0.2) is 11.4 Å². The molecule has 1 aromatic rings. The molecule has 1 aromatic heterocycles. The molecule has 1 saturated carbocycles. The number of aryl methyl sites for hydroxylation is 1. The quantitative estimate of drug-likeness (QED) is 0.869. The molecule has 0 spiro atoms. The Hall–Kier alpha value is -0.380. The van der Waals surface area contributed by atoms with Crippen molar-refractivity contribution in [1.82, 2.24) is 5.32 Å². The number of nitrogens with one attached hydrogen (secondary N) is 1. The standard InChI is InChI=1S/C15H25NOS/c1-4-17-15(9-6-5-7-10-15)14(16-3)13-8-11-18-12(13)2/h8,11,14,16H,4-7,9-10H2,1-3H3. The Labute approximate surface area is 115 Å². The molecule has 1 aliphatic carbocycles. The predicted octanol–water partition coefficient (Wildman–Crippen LogP) is 4.06. The van der Waals surface area contributed by atoms with Crippen molar-refractivity contribution in [3.05, 3.63) is 21.9 Å². The smallest absolute Gasteiger partial charge is 0.0876 e. The van der Waals surface area contributed by atoms with E-state index in [1.54, 1.807) is 0 Å². The Morgan fingerprint density at radius 3 is 2.61 bits per heavy atom. The topological polar surface area (TPSA) is 21.3 Å². The summed E-state index contributed by atoms with van der Waals surface area (Å²) in [7, 11) is 2.07. The van der Waals surface area contributed by atoms with Gasteiger partial charge in [0.05, 0.1) is 11.6 Å². The molecule has 102 valence electrons. The molecule has 1 aliphatic rings. The third-order valence-corrected chi connectivity index (χ3v) is 5.02. The first kappa shape index (κ1) is 14.0. The van der Waals surface area contributed by atoms with Crippen LogP contribution in [-0.2, 0) is 4.74 Å². The first-order valence-electron chi connectivity index (χ1n) is 7.08. The van der Waals surface area contributed by atoms with Crippen molar-refractivity contribution in [3.63, 3.8) is 0 Å². The lowest BCUT2D eigenvalue weighted by Crippen LogP contribution is -2.46. The van der Waals surface area contributed by atoms with Crippen LogP contribution in [0.25, 0.3) is 0 Å². The summed E-state index contributed by atoms with van der Waals surface area (Å²) in [6, 6.07) is 2.60. The van der Waals surface area contributed by atoms with E-state index in [4.69, 9.17) is 4.74 Å². The first-order valence-corrected chi connectivity index (χ1v) is 7.96. The third-order valence-electron chi connectivity index (χ3n) is 4.16. The number of thiophene rings is 1. The Kier molecular flexibility index (Phi) is 4.82. The highest BCUT2D eigenvalue weighted by atomic mass is 32.1. The molecule has 1 fully saturated rings. The van der Waals surface area contributed by atoms with Crippen molar-refractivity contribution < 1.29 is 4.74 Å². The fourth-order valence-electron chi connectivity index (χ4n) is 3.35. The van der Waals surface area contributed by atoms with Gasteiger partial charge in [-0.05, 0) is 50.7 Å². The van der Waals surface area contributed by atoms with Crippen molar-refractivity contribution in [2.24, 2.45) is 0 Å². The van der Waals surface area contributed by atoms with E-state index < -0.39 is 0 Å². The van der Waals surface area contributed by atoms with Gasteiger partial charge in [-0.1, -0.05) is 19.3 Å². The van der Waals surface area contributed by atoms with E-state index in [-0.39, 0.29) is 5.60 Å². The fourth-order valence-corrected chi connectivity index (χ4v) is 4.09. The SMILES string of the molecule is CCOC1(C(NC)c2ccsc2C)CCCCC1.